The van der Waals surface area contributed by atoms with E-state index in [4.69, 9.17) is 15.2 Å². The second kappa shape index (κ2) is 5.95. The molecule has 0 aliphatic rings. The van der Waals surface area contributed by atoms with Gasteiger partial charge in [-0.15, -0.1) is 11.3 Å². The third-order valence-electron chi connectivity index (χ3n) is 1.64. The van der Waals surface area contributed by atoms with Crippen LogP contribution in [0.15, 0.2) is 5.38 Å². The fraction of sp³-hybridized carbons (Fsp3) is 0.667. The van der Waals surface area contributed by atoms with Crippen LogP contribution in [0.4, 0.5) is 5.13 Å². The number of nitrogens with zero attached hydrogens (tertiary/aromatic N) is 1. The zero-order chi connectivity index (χ0) is 10.4. The highest BCUT2D eigenvalue weighted by Gasteiger charge is 2.04. The largest absolute Gasteiger partial charge is 0.379 e. The molecule has 1 aromatic rings. The minimum atomic E-state index is 0.0953. The van der Waals surface area contributed by atoms with Gasteiger partial charge in [0.25, 0.3) is 0 Å². The summed E-state index contributed by atoms with van der Waals surface area (Å²) in [5.41, 5.74) is 6.38. The summed E-state index contributed by atoms with van der Waals surface area (Å²) in [6, 6.07) is 0. The van der Waals surface area contributed by atoms with Crippen LogP contribution >= 0.6 is 11.3 Å². The van der Waals surface area contributed by atoms with E-state index in [-0.39, 0.29) is 6.10 Å². The molecule has 0 bridgehead atoms. The Balaban J connectivity index is 2.20. The molecule has 2 N–H and O–H groups in total. The van der Waals surface area contributed by atoms with Crippen molar-refractivity contribution in [2.45, 2.75) is 26.6 Å². The molecule has 0 amide bonds. The lowest BCUT2D eigenvalue weighted by Crippen LogP contribution is -2.15. The summed E-state index contributed by atoms with van der Waals surface area (Å²) in [6.07, 6.45) is 0.0953. The lowest BCUT2D eigenvalue weighted by Gasteiger charge is -2.11. The first kappa shape index (κ1) is 11.4. The molecule has 1 rings (SSSR count). The molecular weight excluding hydrogens is 200 g/mol. The molecule has 0 aliphatic heterocycles. The van der Waals surface area contributed by atoms with Crippen LogP contribution in [0.3, 0.4) is 0 Å². The lowest BCUT2D eigenvalue weighted by atomic mass is 10.4. The average Bonchev–Trinajstić information content (AvgIpc) is 2.58. The number of ether oxygens (including phenoxy) is 2. The molecule has 0 saturated carbocycles. The molecule has 0 radical (unpaired) electrons. The lowest BCUT2D eigenvalue weighted by molar-refractivity contribution is -0.0125. The van der Waals surface area contributed by atoms with E-state index in [9.17, 15) is 0 Å². The van der Waals surface area contributed by atoms with E-state index < -0.39 is 0 Å². The molecule has 4 nitrogen and oxygen atoms in total. The Kier molecular flexibility index (Phi) is 4.86. The van der Waals surface area contributed by atoms with Crippen molar-refractivity contribution in [3.8, 4) is 0 Å². The van der Waals surface area contributed by atoms with Crippen LogP contribution in [-0.4, -0.2) is 24.3 Å². The Morgan fingerprint density at radius 2 is 2.43 bits per heavy atom. The fourth-order valence-electron chi connectivity index (χ4n) is 0.948. The first-order chi connectivity index (χ1) is 6.72. The SMILES string of the molecule is CCOCC(C)OCc1csc(N)n1. The third kappa shape index (κ3) is 4.04. The molecule has 1 aromatic heterocycles. The summed E-state index contributed by atoms with van der Waals surface area (Å²) < 4.78 is 10.7. The molecule has 0 spiro atoms. The van der Waals surface area contributed by atoms with Crippen molar-refractivity contribution in [3.63, 3.8) is 0 Å². The Morgan fingerprint density at radius 1 is 1.64 bits per heavy atom. The monoisotopic (exact) mass is 216 g/mol. The highest BCUT2D eigenvalue weighted by Crippen LogP contribution is 2.12. The third-order valence-corrected chi connectivity index (χ3v) is 2.36. The average molecular weight is 216 g/mol. The van der Waals surface area contributed by atoms with Crippen LogP contribution in [0.1, 0.15) is 19.5 Å². The molecule has 1 atom stereocenters. The van der Waals surface area contributed by atoms with Crippen LogP contribution in [0.5, 0.6) is 0 Å². The first-order valence-electron chi connectivity index (χ1n) is 4.61. The molecule has 0 fully saturated rings. The summed E-state index contributed by atoms with van der Waals surface area (Å²) >= 11 is 1.43. The molecule has 14 heavy (non-hydrogen) atoms. The van der Waals surface area contributed by atoms with Gasteiger partial charge in [0.15, 0.2) is 5.13 Å². The molecular formula is C9H16N2O2S. The highest BCUT2D eigenvalue weighted by atomic mass is 32.1. The second-order valence-electron chi connectivity index (χ2n) is 2.96. The number of hydrogen-bond acceptors (Lipinski definition) is 5. The highest BCUT2D eigenvalue weighted by molar-refractivity contribution is 7.13. The molecule has 0 aromatic carbocycles. The molecule has 0 aliphatic carbocycles. The van der Waals surface area contributed by atoms with Gasteiger partial charge in [-0.3, -0.25) is 0 Å². The van der Waals surface area contributed by atoms with E-state index in [2.05, 4.69) is 4.98 Å². The molecule has 5 heteroatoms. The predicted octanol–water partition coefficient (Wildman–Crippen LogP) is 1.67. The Hall–Kier alpha value is -0.650. The topological polar surface area (TPSA) is 57.4 Å². The number of nitrogen functional groups attached to an aromatic ring is 1. The van der Waals surface area contributed by atoms with Crippen molar-refractivity contribution in [3.05, 3.63) is 11.1 Å². The minimum absolute atomic E-state index is 0.0953. The first-order valence-corrected chi connectivity index (χ1v) is 5.49. The van der Waals surface area contributed by atoms with Crippen molar-refractivity contribution in [2.24, 2.45) is 0 Å². The standard InChI is InChI=1S/C9H16N2O2S/c1-3-12-4-7(2)13-5-8-6-14-9(10)11-8/h6-7H,3-5H2,1-2H3,(H2,10,11). The van der Waals surface area contributed by atoms with Crippen LogP contribution in [0, 0.1) is 0 Å². The van der Waals surface area contributed by atoms with Crippen LogP contribution < -0.4 is 5.73 Å². The van der Waals surface area contributed by atoms with E-state index in [1.165, 1.54) is 11.3 Å². The Bertz CT molecular complexity index is 265. The normalized spacial score (nSPS) is 13.0. The van der Waals surface area contributed by atoms with E-state index in [0.29, 0.717) is 18.3 Å². The van der Waals surface area contributed by atoms with Crippen LogP contribution in [0.25, 0.3) is 0 Å². The van der Waals surface area contributed by atoms with Crippen molar-refractivity contribution in [2.75, 3.05) is 18.9 Å². The Labute approximate surface area is 88.0 Å². The van der Waals surface area contributed by atoms with E-state index in [1.807, 2.05) is 19.2 Å². The Morgan fingerprint density at radius 3 is 3.00 bits per heavy atom. The van der Waals surface area contributed by atoms with Gasteiger partial charge in [-0.2, -0.15) is 0 Å². The van der Waals surface area contributed by atoms with Gasteiger partial charge in [0.1, 0.15) is 0 Å². The molecule has 1 heterocycles. The zero-order valence-electron chi connectivity index (χ0n) is 8.53. The van der Waals surface area contributed by atoms with Crippen molar-refractivity contribution in [1.29, 1.82) is 0 Å². The van der Waals surface area contributed by atoms with E-state index >= 15 is 0 Å². The second-order valence-corrected chi connectivity index (χ2v) is 3.85. The molecule has 1 unspecified atom stereocenters. The smallest absolute Gasteiger partial charge is 0.180 e. The van der Waals surface area contributed by atoms with Crippen LogP contribution in [0.2, 0.25) is 0 Å². The van der Waals surface area contributed by atoms with Gasteiger partial charge in [0.05, 0.1) is 25.0 Å². The molecule has 0 saturated heterocycles. The van der Waals surface area contributed by atoms with Gasteiger partial charge in [-0.1, -0.05) is 0 Å². The van der Waals surface area contributed by atoms with Gasteiger partial charge in [-0.05, 0) is 13.8 Å². The number of thiazole rings is 1. The van der Waals surface area contributed by atoms with Gasteiger partial charge in [0, 0.05) is 12.0 Å². The van der Waals surface area contributed by atoms with Gasteiger partial charge >= 0.3 is 0 Å². The summed E-state index contributed by atoms with van der Waals surface area (Å²) in [6.45, 7) is 5.79. The fourth-order valence-corrected chi connectivity index (χ4v) is 1.50. The van der Waals surface area contributed by atoms with E-state index in [0.717, 1.165) is 12.3 Å². The van der Waals surface area contributed by atoms with E-state index in [1.54, 1.807) is 0 Å². The summed E-state index contributed by atoms with van der Waals surface area (Å²) in [5.74, 6) is 0. The predicted molar refractivity (Wildman–Crippen MR) is 57.3 cm³/mol. The molecule has 80 valence electrons. The maximum atomic E-state index is 5.51. The summed E-state index contributed by atoms with van der Waals surface area (Å²) in [7, 11) is 0. The van der Waals surface area contributed by atoms with Gasteiger partial charge < -0.3 is 15.2 Å². The summed E-state index contributed by atoms with van der Waals surface area (Å²) in [4.78, 5) is 4.09. The van der Waals surface area contributed by atoms with Crippen molar-refractivity contribution < 1.29 is 9.47 Å². The van der Waals surface area contributed by atoms with Crippen molar-refractivity contribution in [1.82, 2.24) is 4.98 Å². The number of aromatic nitrogens is 1. The van der Waals surface area contributed by atoms with Gasteiger partial charge in [-0.25, -0.2) is 4.98 Å². The minimum Gasteiger partial charge on any atom is -0.379 e. The number of rotatable bonds is 6. The maximum absolute atomic E-state index is 5.51. The number of nitrogens with two attached hydrogens (primary N) is 1. The summed E-state index contributed by atoms with van der Waals surface area (Å²) in [5, 5.41) is 2.49. The quantitative estimate of drug-likeness (QED) is 0.785. The number of anilines is 1. The van der Waals surface area contributed by atoms with Crippen LogP contribution in [-0.2, 0) is 16.1 Å². The van der Waals surface area contributed by atoms with Crippen molar-refractivity contribution >= 4 is 16.5 Å². The zero-order valence-corrected chi connectivity index (χ0v) is 9.34. The number of hydrogen-bond donors (Lipinski definition) is 1. The van der Waals surface area contributed by atoms with Gasteiger partial charge in [0.2, 0.25) is 0 Å². The maximum Gasteiger partial charge on any atom is 0.180 e.